The number of benzene rings is 1. The molecule has 1 fully saturated rings. The monoisotopic (exact) mass is 353 g/mol. The van der Waals surface area contributed by atoms with Crippen molar-refractivity contribution in [3.63, 3.8) is 0 Å². The smallest absolute Gasteiger partial charge is 0.238 e. The van der Waals surface area contributed by atoms with E-state index in [-0.39, 0.29) is 5.91 Å². The summed E-state index contributed by atoms with van der Waals surface area (Å²) in [7, 11) is 0. The van der Waals surface area contributed by atoms with E-state index in [1.54, 1.807) is 0 Å². The van der Waals surface area contributed by atoms with Gasteiger partial charge in [0, 0.05) is 28.8 Å². The Hall–Kier alpha value is -0.910. The SMILES string of the molecule is Cc1cc(NC(=O)CN2C(C)CCCC2CN)ccc1Br. The lowest BCUT2D eigenvalue weighted by Crippen LogP contribution is -2.51. The van der Waals surface area contributed by atoms with Gasteiger partial charge >= 0.3 is 0 Å². The Kier molecular flexibility index (Phi) is 5.79. The summed E-state index contributed by atoms with van der Waals surface area (Å²) in [5.74, 6) is 0.0314. The standard InChI is InChI=1S/C16H24BrN3O/c1-11-8-13(6-7-15(11)17)19-16(21)10-20-12(2)4-3-5-14(20)9-18/h6-8,12,14H,3-5,9-10,18H2,1-2H3,(H,19,21). The number of aryl methyl sites for hydroxylation is 1. The summed E-state index contributed by atoms with van der Waals surface area (Å²) >= 11 is 3.47. The van der Waals surface area contributed by atoms with E-state index >= 15 is 0 Å². The first-order chi connectivity index (χ1) is 10.0. The maximum atomic E-state index is 12.3. The molecule has 1 aromatic rings. The molecule has 2 rings (SSSR count). The van der Waals surface area contributed by atoms with E-state index < -0.39 is 0 Å². The number of carbonyl (C=O) groups excluding carboxylic acids is 1. The van der Waals surface area contributed by atoms with Gasteiger partial charge in [0.05, 0.1) is 6.54 Å². The molecule has 4 nitrogen and oxygen atoms in total. The van der Waals surface area contributed by atoms with Crippen LogP contribution in [-0.2, 0) is 4.79 Å². The lowest BCUT2D eigenvalue weighted by Gasteiger charge is -2.39. The highest BCUT2D eigenvalue weighted by Gasteiger charge is 2.28. The summed E-state index contributed by atoms with van der Waals surface area (Å²) < 4.78 is 1.05. The second-order valence-corrected chi connectivity index (χ2v) is 6.71. The number of rotatable bonds is 4. The molecular formula is C16H24BrN3O. The molecular weight excluding hydrogens is 330 g/mol. The van der Waals surface area contributed by atoms with E-state index in [0.717, 1.165) is 28.6 Å². The molecule has 1 saturated heterocycles. The van der Waals surface area contributed by atoms with Crippen molar-refractivity contribution in [2.75, 3.05) is 18.4 Å². The maximum absolute atomic E-state index is 12.3. The molecule has 1 aromatic carbocycles. The number of carbonyl (C=O) groups is 1. The van der Waals surface area contributed by atoms with Crippen molar-refractivity contribution in [2.45, 2.75) is 45.2 Å². The number of nitrogens with zero attached hydrogens (tertiary/aromatic N) is 1. The van der Waals surface area contributed by atoms with Crippen molar-refractivity contribution in [1.82, 2.24) is 4.90 Å². The minimum atomic E-state index is 0.0314. The molecule has 0 radical (unpaired) electrons. The fourth-order valence-corrected chi connectivity index (χ4v) is 3.21. The summed E-state index contributed by atoms with van der Waals surface area (Å²) in [6.45, 7) is 5.23. The fourth-order valence-electron chi connectivity index (χ4n) is 2.97. The molecule has 0 saturated carbocycles. The van der Waals surface area contributed by atoms with Crippen LogP contribution in [0, 0.1) is 6.92 Å². The van der Waals surface area contributed by atoms with Gasteiger partial charge in [-0.05, 0) is 50.5 Å². The van der Waals surface area contributed by atoms with Crippen molar-refractivity contribution in [1.29, 1.82) is 0 Å². The molecule has 2 atom stereocenters. The van der Waals surface area contributed by atoms with Crippen molar-refractivity contribution in [2.24, 2.45) is 5.73 Å². The zero-order chi connectivity index (χ0) is 15.4. The number of piperidine rings is 1. The largest absolute Gasteiger partial charge is 0.329 e. The third-order valence-corrected chi connectivity index (χ3v) is 5.12. The highest BCUT2D eigenvalue weighted by Crippen LogP contribution is 2.23. The Morgan fingerprint density at radius 2 is 2.24 bits per heavy atom. The van der Waals surface area contributed by atoms with Crippen molar-refractivity contribution in [3.8, 4) is 0 Å². The number of nitrogens with one attached hydrogen (secondary N) is 1. The summed E-state index contributed by atoms with van der Waals surface area (Å²) in [4.78, 5) is 14.5. The molecule has 5 heteroatoms. The average Bonchev–Trinajstić information content (AvgIpc) is 2.45. The number of hydrogen-bond acceptors (Lipinski definition) is 3. The molecule has 1 amide bonds. The van der Waals surface area contributed by atoms with E-state index in [1.165, 1.54) is 6.42 Å². The van der Waals surface area contributed by atoms with Crippen LogP contribution in [0.2, 0.25) is 0 Å². The molecule has 0 spiro atoms. The first kappa shape index (κ1) is 16.5. The molecule has 116 valence electrons. The number of halogens is 1. The predicted octanol–water partition coefficient (Wildman–Crippen LogP) is 2.90. The zero-order valence-corrected chi connectivity index (χ0v) is 14.3. The van der Waals surface area contributed by atoms with Crippen LogP contribution in [0.5, 0.6) is 0 Å². The van der Waals surface area contributed by atoms with Crippen LogP contribution in [0.4, 0.5) is 5.69 Å². The van der Waals surface area contributed by atoms with Gasteiger partial charge in [-0.1, -0.05) is 22.4 Å². The maximum Gasteiger partial charge on any atom is 0.238 e. The molecule has 0 aromatic heterocycles. The number of likely N-dealkylation sites (tertiary alicyclic amines) is 1. The Bertz CT molecular complexity index is 506. The lowest BCUT2D eigenvalue weighted by atomic mass is 9.96. The quantitative estimate of drug-likeness (QED) is 0.874. The number of anilines is 1. The van der Waals surface area contributed by atoms with Crippen molar-refractivity contribution < 1.29 is 4.79 Å². The Labute approximate surface area is 135 Å². The second-order valence-electron chi connectivity index (χ2n) is 5.85. The molecule has 1 aliphatic rings. The summed E-state index contributed by atoms with van der Waals surface area (Å²) in [6, 6.07) is 6.59. The van der Waals surface area contributed by atoms with Gasteiger partial charge in [0.1, 0.15) is 0 Å². The second kappa shape index (κ2) is 7.38. The zero-order valence-electron chi connectivity index (χ0n) is 12.7. The van der Waals surface area contributed by atoms with Crippen LogP contribution < -0.4 is 11.1 Å². The Balaban J connectivity index is 1.98. The van der Waals surface area contributed by atoms with Gasteiger partial charge in [-0.2, -0.15) is 0 Å². The predicted molar refractivity (Wildman–Crippen MR) is 90.4 cm³/mol. The average molecular weight is 354 g/mol. The van der Waals surface area contributed by atoms with Gasteiger partial charge in [-0.3, -0.25) is 9.69 Å². The van der Waals surface area contributed by atoms with Crippen LogP contribution in [0.15, 0.2) is 22.7 Å². The molecule has 0 aliphatic carbocycles. The van der Waals surface area contributed by atoms with Crippen LogP contribution in [0.25, 0.3) is 0 Å². The highest BCUT2D eigenvalue weighted by atomic mass is 79.9. The molecule has 1 heterocycles. The third-order valence-electron chi connectivity index (χ3n) is 4.23. The van der Waals surface area contributed by atoms with Crippen molar-refractivity contribution in [3.05, 3.63) is 28.2 Å². The van der Waals surface area contributed by atoms with Gasteiger partial charge in [-0.15, -0.1) is 0 Å². The summed E-state index contributed by atoms with van der Waals surface area (Å²) in [5.41, 5.74) is 7.79. The number of hydrogen-bond donors (Lipinski definition) is 2. The molecule has 2 unspecified atom stereocenters. The normalized spacial score (nSPS) is 23.0. The van der Waals surface area contributed by atoms with E-state index in [4.69, 9.17) is 5.73 Å². The fraction of sp³-hybridized carbons (Fsp3) is 0.562. The van der Waals surface area contributed by atoms with E-state index in [0.29, 0.717) is 25.2 Å². The Morgan fingerprint density at radius 1 is 1.48 bits per heavy atom. The first-order valence-electron chi connectivity index (χ1n) is 7.53. The van der Waals surface area contributed by atoms with Gasteiger partial charge in [0.2, 0.25) is 5.91 Å². The van der Waals surface area contributed by atoms with Gasteiger partial charge in [0.15, 0.2) is 0 Å². The Morgan fingerprint density at radius 3 is 2.90 bits per heavy atom. The molecule has 21 heavy (non-hydrogen) atoms. The van der Waals surface area contributed by atoms with E-state index in [2.05, 4.69) is 33.1 Å². The first-order valence-corrected chi connectivity index (χ1v) is 8.32. The van der Waals surface area contributed by atoms with Gasteiger partial charge in [0.25, 0.3) is 0 Å². The number of nitrogens with two attached hydrogens (primary N) is 1. The molecule has 3 N–H and O–H groups in total. The van der Waals surface area contributed by atoms with Crippen LogP contribution in [0.1, 0.15) is 31.7 Å². The van der Waals surface area contributed by atoms with Crippen LogP contribution in [-0.4, -0.2) is 36.0 Å². The van der Waals surface area contributed by atoms with Gasteiger partial charge < -0.3 is 11.1 Å². The minimum absolute atomic E-state index is 0.0314. The third kappa shape index (κ3) is 4.28. The lowest BCUT2D eigenvalue weighted by molar-refractivity contribution is -0.118. The topological polar surface area (TPSA) is 58.4 Å². The highest BCUT2D eigenvalue weighted by molar-refractivity contribution is 9.10. The van der Waals surface area contributed by atoms with E-state index in [9.17, 15) is 4.79 Å². The minimum Gasteiger partial charge on any atom is -0.329 e. The molecule has 1 aliphatic heterocycles. The van der Waals surface area contributed by atoms with E-state index in [1.807, 2.05) is 25.1 Å². The van der Waals surface area contributed by atoms with Crippen LogP contribution >= 0.6 is 15.9 Å². The van der Waals surface area contributed by atoms with Gasteiger partial charge in [-0.25, -0.2) is 0 Å². The van der Waals surface area contributed by atoms with Crippen molar-refractivity contribution >= 4 is 27.5 Å². The molecule has 0 bridgehead atoms. The summed E-state index contributed by atoms with van der Waals surface area (Å²) in [6.07, 6.45) is 3.43. The number of amides is 1. The van der Waals surface area contributed by atoms with Crippen LogP contribution in [0.3, 0.4) is 0 Å². The summed E-state index contributed by atoms with van der Waals surface area (Å²) in [5, 5.41) is 2.98.